The molecule has 0 atom stereocenters. The van der Waals surface area contributed by atoms with Gasteiger partial charge in [-0.3, -0.25) is 4.18 Å². The van der Waals surface area contributed by atoms with Crippen molar-refractivity contribution < 1.29 is 12.6 Å². The molecule has 0 amide bonds. The van der Waals surface area contributed by atoms with Crippen LogP contribution < -0.4 is 0 Å². The van der Waals surface area contributed by atoms with Crippen LogP contribution in [0.2, 0.25) is 5.15 Å². The van der Waals surface area contributed by atoms with Gasteiger partial charge in [0.05, 0.1) is 10.6 Å². The van der Waals surface area contributed by atoms with Crippen LogP contribution in [0.15, 0.2) is 47.4 Å². The van der Waals surface area contributed by atoms with Crippen molar-refractivity contribution in [3.05, 3.63) is 58.9 Å². The highest BCUT2D eigenvalue weighted by molar-refractivity contribution is 7.86. The zero-order valence-electron chi connectivity index (χ0n) is 10.2. The normalized spacial score (nSPS) is 11.5. The summed E-state index contributed by atoms with van der Waals surface area (Å²) in [6, 6.07) is 11.4. The Balaban J connectivity index is 2.12. The Morgan fingerprint density at radius 2 is 1.84 bits per heavy atom. The number of benzene rings is 1. The Morgan fingerprint density at radius 3 is 2.47 bits per heavy atom. The first kappa shape index (κ1) is 14.0. The Hall–Kier alpha value is -1.43. The molecule has 4 nitrogen and oxygen atoms in total. The maximum Gasteiger partial charge on any atom is 0.297 e. The monoisotopic (exact) mass is 297 g/mol. The zero-order valence-corrected chi connectivity index (χ0v) is 11.8. The number of hydrogen-bond acceptors (Lipinski definition) is 4. The molecule has 2 aromatic rings. The van der Waals surface area contributed by atoms with E-state index in [1.165, 1.54) is 12.1 Å². The second-order valence-corrected chi connectivity index (χ2v) is 5.98. The van der Waals surface area contributed by atoms with E-state index in [0.717, 1.165) is 5.56 Å². The summed E-state index contributed by atoms with van der Waals surface area (Å²) in [6.45, 7) is 1.74. The van der Waals surface area contributed by atoms with Gasteiger partial charge in [-0.25, -0.2) is 4.98 Å². The molecular weight excluding hydrogens is 286 g/mol. The highest BCUT2D eigenvalue weighted by atomic mass is 35.5. The summed E-state index contributed by atoms with van der Waals surface area (Å²) in [5.74, 6) is 0. The summed E-state index contributed by atoms with van der Waals surface area (Å²) in [7, 11) is -3.77. The predicted octanol–water partition coefficient (Wildman–Crippen LogP) is 2.95. The minimum atomic E-state index is -3.77. The maximum atomic E-state index is 11.9. The molecule has 0 fully saturated rings. The van der Waals surface area contributed by atoms with Gasteiger partial charge in [0.2, 0.25) is 0 Å². The van der Waals surface area contributed by atoms with E-state index in [-0.39, 0.29) is 11.5 Å². The number of halogens is 1. The van der Waals surface area contributed by atoms with Gasteiger partial charge in [-0.2, -0.15) is 8.42 Å². The number of hydrogen-bond donors (Lipinski definition) is 0. The lowest BCUT2D eigenvalue weighted by molar-refractivity contribution is 0.303. The first-order valence-corrected chi connectivity index (χ1v) is 7.33. The fourth-order valence-corrected chi connectivity index (χ4v) is 2.50. The van der Waals surface area contributed by atoms with Crippen LogP contribution >= 0.6 is 11.6 Å². The van der Waals surface area contributed by atoms with Crippen molar-refractivity contribution in [2.75, 3.05) is 0 Å². The van der Waals surface area contributed by atoms with Crippen LogP contribution in [0.4, 0.5) is 0 Å². The van der Waals surface area contributed by atoms with Crippen LogP contribution in [0.3, 0.4) is 0 Å². The highest BCUT2D eigenvalue weighted by Crippen LogP contribution is 2.15. The summed E-state index contributed by atoms with van der Waals surface area (Å²) >= 11 is 5.71. The van der Waals surface area contributed by atoms with Gasteiger partial charge in [-0.15, -0.1) is 0 Å². The number of pyridine rings is 1. The molecule has 0 saturated carbocycles. The highest BCUT2D eigenvalue weighted by Gasteiger charge is 2.15. The topological polar surface area (TPSA) is 56.3 Å². The Morgan fingerprint density at radius 1 is 1.16 bits per heavy atom. The van der Waals surface area contributed by atoms with Gasteiger partial charge in [0.25, 0.3) is 10.1 Å². The lowest BCUT2D eigenvalue weighted by atomic mass is 10.2. The van der Waals surface area contributed by atoms with Crippen molar-refractivity contribution in [1.29, 1.82) is 0 Å². The third kappa shape index (κ3) is 3.76. The molecule has 0 saturated heterocycles. The number of nitrogens with zero attached hydrogens (tertiary/aromatic N) is 1. The molecule has 0 unspecified atom stereocenters. The molecule has 0 aliphatic heterocycles. The lowest BCUT2D eigenvalue weighted by Crippen LogP contribution is -2.07. The van der Waals surface area contributed by atoms with E-state index in [4.69, 9.17) is 15.8 Å². The molecule has 2 rings (SSSR count). The summed E-state index contributed by atoms with van der Waals surface area (Å²) in [5.41, 5.74) is 1.44. The summed E-state index contributed by atoms with van der Waals surface area (Å²) < 4.78 is 28.8. The lowest BCUT2D eigenvalue weighted by Gasteiger charge is -2.05. The second-order valence-electron chi connectivity index (χ2n) is 3.98. The van der Waals surface area contributed by atoms with Crippen LogP contribution in [0.5, 0.6) is 0 Å². The molecule has 0 bridgehead atoms. The third-order valence-electron chi connectivity index (χ3n) is 2.44. The molecule has 0 spiro atoms. The van der Waals surface area contributed by atoms with Gasteiger partial charge < -0.3 is 0 Å². The summed E-state index contributed by atoms with van der Waals surface area (Å²) in [5, 5.41) is 0.300. The van der Waals surface area contributed by atoms with Crippen molar-refractivity contribution >= 4 is 21.7 Å². The van der Waals surface area contributed by atoms with Crippen molar-refractivity contribution in [2.24, 2.45) is 0 Å². The molecule has 0 radical (unpaired) electrons. The van der Waals surface area contributed by atoms with E-state index < -0.39 is 10.1 Å². The summed E-state index contributed by atoms with van der Waals surface area (Å²) in [4.78, 5) is 4.09. The maximum absolute atomic E-state index is 11.9. The minimum Gasteiger partial charge on any atom is -0.260 e. The molecule has 100 valence electrons. The van der Waals surface area contributed by atoms with E-state index in [0.29, 0.717) is 10.8 Å². The van der Waals surface area contributed by atoms with E-state index in [9.17, 15) is 8.42 Å². The Kier molecular flexibility index (Phi) is 4.19. The molecule has 0 aliphatic carbocycles. The fourth-order valence-electron chi connectivity index (χ4n) is 1.44. The second kappa shape index (κ2) is 5.69. The Labute approximate surface area is 117 Å². The smallest absolute Gasteiger partial charge is 0.260 e. The molecule has 19 heavy (non-hydrogen) atoms. The predicted molar refractivity (Wildman–Crippen MR) is 72.4 cm³/mol. The number of aryl methyl sites for hydroxylation is 1. The third-order valence-corrected chi connectivity index (χ3v) is 3.93. The number of rotatable bonds is 4. The fraction of sp³-hybridized carbons (Fsp3) is 0.154. The molecule has 1 heterocycles. The standard InChI is InChI=1S/C13H12ClNO3S/c1-10-5-7-12(8-6-10)19(16,17)18-9-11-3-2-4-13(14)15-11/h2-8H,9H2,1H3. The average molecular weight is 298 g/mol. The van der Waals surface area contributed by atoms with Gasteiger partial charge in [-0.05, 0) is 31.2 Å². The van der Waals surface area contributed by atoms with Crippen LogP contribution in [-0.2, 0) is 20.9 Å². The van der Waals surface area contributed by atoms with Gasteiger partial charge >= 0.3 is 0 Å². The van der Waals surface area contributed by atoms with Gasteiger partial charge in [0, 0.05) is 0 Å². The number of aromatic nitrogens is 1. The molecule has 1 aromatic heterocycles. The molecule has 6 heteroatoms. The molecular formula is C13H12ClNO3S. The molecule has 1 aromatic carbocycles. The van der Waals surface area contributed by atoms with Gasteiger partial charge in [0.15, 0.2) is 0 Å². The van der Waals surface area contributed by atoms with Crippen molar-refractivity contribution in [2.45, 2.75) is 18.4 Å². The summed E-state index contributed by atoms with van der Waals surface area (Å²) in [6.07, 6.45) is 0. The van der Waals surface area contributed by atoms with E-state index in [1.807, 2.05) is 6.92 Å². The van der Waals surface area contributed by atoms with E-state index >= 15 is 0 Å². The van der Waals surface area contributed by atoms with Crippen LogP contribution in [0.1, 0.15) is 11.3 Å². The van der Waals surface area contributed by atoms with Gasteiger partial charge in [-0.1, -0.05) is 35.4 Å². The van der Waals surface area contributed by atoms with Crippen LogP contribution in [-0.4, -0.2) is 13.4 Å². The Bertz CT molecular complexity index is 669. The van der Waals surface area contributed by atoms with Crippen LogP contribution in [0, 0.1) is 6.92 Å². The van der Waals surface area contributed by atoms with Gasteiger partial charge in [0.1, 0.15) is 11.8 Å². The van der Waals surface area contributed by atoms with Crippen molar-refractivity contribution in [3.63, 3.8) is 0 Å². The average Bonchev–Trinajstić information content (AvgIpc) is 2.37. The van der Waals surface area contributed by atoms with E-state index in [1.54, 1.807) is 30.3 Å². The first-order valence-electron chi connectivity index (χ1n) is 5.55. The molecule has 0 aliphatic rings. The van der Waals surface area contributed by atoms with Crippen molar-refractivity contribution in [1.82, 2.24) is 4.98 Å². The molecule has 0 N–H and O–H groups in total. The quantitative estimate of drug-likeness (QED) is 0.643. The van der Waals surface area contributed by atoms with E-state index in [2.05, 4.69) is 4.98 Å². The first-order chi connectivity index (χ1) is 8.97. The van der Waals surface area contributed by atoms with Crippen LogP contribution in [0.25, 0.3) is 0 Å². The zero-order chi connectivity index (χ0) is 13.9. The van der Waals surface area contributed by atoms with Crippen molar-refractivity contribution in [3.8, 4) is 0 Å². The minimum absolute atomic E-state index is 0.125. The SMILES string of the molecule is Cc1ccc(S(=O)(=O)OCc2cccc(Cl)n2)cc1. The largest absolute Gasteiger partial charge is 0.297 e.